The summed E-state index contributed by atoms with van der Waals surface area (Å²) in [7, 11) is -1.65. The largest absolute Gasteiger partial charge is 0.330 e. The number of likely N-dealkylation sites (tertiary alicyclic amines) is 1. The molecule has 2 saturated heterocycles. The van der Waals surface area contributed by atoms with Crippen molar-refractivity contribution in [2.75, 3.05) is 46.3 Å². The van der Waals surface area contributed by atoms with E-state index in [-0.39, 0.29) is 0 Å². The van der Waals surface area contributed by atoms with Crippen LogP contribution in [0.15, 0.2) is 0 Å². The monoisotopic (exact) mass is 304 g/mol. The molecular weight excluding hydrogens is 276 g/mol. The molecule has 0 aromatic heterocycles. The first kappa shape index (κ1) is 16.2. The van der Waals surface area contributed by atoms with E-state index in [1.165, 1.54) is 23.6 Å². The molecule has 0 amide bonds. The van der Waals surface area contributed by atoms with Gasteiger partial charge in [-0.15, -0.1) is 0 Å². The van der Waals surface area contributed by atoms with Crippen molar-refractivity contribution >= 4 is 10.2 Å². The smallest absolute Gasteiger partial charge is 0.281 e. The van der Waals surface area contributed by atoms with Gasteiger partial charge in [-0.05, 0) is 45.3 Å². The molecule has 118 valence electrons. The minimum atomic E-state index is -3.30. The number of piperidine rings is 1. The molecule has 2 fully saturated rings. The molecule has 0 bridgehead atoms. The van der Waals surface area contributed by atoms with Crippen molar-refractivity contribution in [3.63, 3.8) is 0 Å². The van der Waals surface area contributed by atoms with Crippen LogP contribution >= 0.6 is 0 Å². The maximum atomic E-state index is 12.5. The third kappa shape index (κ3) is 3.71. The Morgan fingerprint density at radius 3 is 2.55 bits per heavy atom. The van der Waals surface area contributed by atoms with Crippen molar-refractivity contribution in [3.8, 4) is 0 Å². The highest BCUT2D eigenvalue weighted by Crippen LogP contribution is 2.23. The van der Waals surface area contributed by atoms with Crippen LogP contribution in [0.25, 0.3) is 0 Å². The highest BCUT2D eigenvalue weighted by atomic mass is 32.2. The molecule has 0 saturated carbocycles. The quantitative estimate of drug-likeness (QED) is 0.754. The summed E-state index contributed by atoms with van der Waals surface area (Å²) in [6.45, 7) is 4.58. The molecule has 0 aromatic carbocycles. The van der Waals surface area contributed by atoms with E-state index in [0.29, 0.717) is 38.6 Å². The average molecular weight is 304 g/mol. The molecule has 2 aliphatic rings. The molecule has 2 rings (SSSR count). The second-order valence-corrected chi connectivity index (χ2v) is 7.90. The Bertz CT molecular complexity index is 395. The van der Waals surface area contributed by atoms with E-state index < -0.39 is 10.2 Å². The van der Waals surface area contributed by atoms with Crippen molar-refractivity contribution < 1.29 is 8.42 Å². The van der Waals surface area contributed by atoms with Gasteiger partial charge >= 0.3 is 0 Å². The number of rotatable bonds is 6. The molecule has 0 spiro atoms. The van der Waals surface area contributed by atoms with E-state index in [1.54, 1.807) is 11.4 Å². The summed E-state index contributed by atoms with van der Waals surface area (Å²) in [5.41, 5.74) is 5.45. The van der Waals surface area contributed by atoms with Gasteiger partial charge in [0.2, 0.25) is 0 Å². The van der Waals surface area contributed by atoms with Crippen molar-refractivity contribution in [2.45, 2.75) is 38.1 Å². The molecule has 2 N–H and O–H groups in total. The molecule has 1 unspecified atom stereocenters. The predicted octanol–water partition coefficient (Wildman–Crippen LogP) is 0.0720. The molecule has 0 aliphatic carbocycles. The first-order valence-corrected chi connectivity index (χ1v) is 9.11. The zero-order valence-electron chi connectivity index (χ0n) is 12.5. The Kier molecular flexibility index (Phi) is 5.80. The van der Waals surface area contributed by atoms with E-state index in [2.05, 4.69) is 4.90 Å². The van der Waals surface area contributed by atoms with Crippen LogP contribution in [0.2, 0.25) is 0 Å². The van der Waals surface area contributed by atoms with Crippen LogP contribution in [-0.4, -0.2) is 74.3 Å². The van der Waals surface area contributed by atoms with Gasteiger partial charge in [0.1, 0.15) is 0 Å². The lowest BCUT2D eigenvalue weighted by Gasteiger charge is -2.32. The Balaban J connectivity index is 1.90. The van der Waals surface area contributed by atoms with Gasteiger partial charge in [0.25, 0.3) is 10.2 Å². The minimum Gasteiger partial charge on any atom is -0.330 e. The van der Waals surface area contributed by atoms with Crippen LogP contribution in [0, 0.1) is 0 Å². The maximum absolute atomic E-state index is 12.5. The summed E-state index contributed by atoms with van der Waals surface area (Å²) in [6, 6.07) is 0.410. The zero-order valence-corrected chi connectivity index (χ0v) is 13.3. The third-order valence-electron chi connectivity index (χ3n) is 4.43. The highest BCUT2D eigenvalue weighted by molar-refractivity contribution is 7.86. The summed E-state index contributed by atoms with van der Waals surface area (Å²) >= 11 is 0. The topological polar surface area (TPSA) is 69.9 Å². The first-order valence-electron chi connectivity index (χ1n) is 7.71. The summed E-state index contributed by atoms with van der Waals surface area (Å²) in [4.78, 5) is 2.47. The van der Waals surface area contributed by atoms with Crippen LogP contribution in [0.5, 0.6) is 0 Å². The van der Waals surface area contributed by atoms with Crippen molar-refractivity contribution in [3.05, 3.63) is 0 Å². The van der Waals surface area contributed by atoms with Crippen LogP contribution in [0.3, 0.4) is 0 Å². The fourth-order valence-electron chi connectivity index (χ4n) is 3.13. The van der Waals surface area contributed by atoms with Gasteiger partial charge in [-0.3, -0.25) is 4.90 Å². The molecule has 0 radical (unpaired) electrons. The molecule has 2 heterocycles. The van der Waals surface area contributed by atoms with Gasteiger partial charge in [0.05, 0.1) is 0 Å². The third-order valence-corrected chi connectivity index (χ3v) is 6.38. The molecular formula is C13H28N4O2S. The molecule has 0 aromatic rings. The molecule has 7 heteroatoms. The second-order valence-electron chi connectivity index (χ2n) is 5.87. The lowest BCUT2D eigenvalue weighted by atomic mass is 10.1. The number of nitrogens with zero attached hydrogens (tertiary/aromatic N) is 3. The zero-order chi connectivity index (χ0) is 14.6. The van der Waals surface area contributed by atoms with Gasteiger partial charge in [0.15, 0.2) is 0 Å². The lowest BCUT2D eigenvalue weighted by molar-refractivity contribution is 0.169. The minimum absolute atomic E-state index is 0.410. The number of hydrogen-bond donors (Lipinski definition) is 1. The van der Waals surface area contributed by atoms with Gasteiger partial charge in [0, 0.05) is 32.7 Å². The van der Waals surface area contributed by atoms with E-state index in [4.69, 9.17) is 5.73 Å². The standard InChI is InChI=1S/C13H28N4O2S/c1-15(8-5-7-14)20(18,19)17-11-6-13(12-17)16-9-3-2-4-10-16/h13H,2-12,14H2,1H3. The summed E-state index contributed by atoms with van der Waals surface area (Å²) in [5.74, 6) is 0. The van der Waals surface area contributed by atoms with Gasteiger partial charge in [-0.25, -0.2) is 0 Å². The number of nitrogens with two attached hydrogens (primary N) is 1. The maximum Gasteiger partial charge on any atom is 0.281 e. The fraction of sp³-hybridized carbons (Fsp3) is 1.00. The SMILES string of the molecule is CN(CCCN)S(=O)(=O)N1CCC(N2CCCCC2)C1. The average Bonchev–Trinajstić information content (AvgIpc) is 2.96. The van der Waals surface area contributed by atoms with Crippen molar-refractivity contribution in [1.29, 1.82) is 0 Å². The van der Waals surface area contributed by atoms with Crippen molar-refractivity contribution in [1.82, 2.24) is 13.5 Å². The van der Waals surface area contributed by atoms with Crippen LogP contribution < -0.4 is 5.73 Å². The fourth-order valence-corrected chi connectivity index (χ4v) is 4.58. The van der Waals surface area contributed by atoms with E-state index in [9.17, 15) is 8.42 Å². The normalized spacial score (nSPS) is 26.4. The molecule has 20 heavy (non-hydrogen) atoms. The van der Waals surface area contributed by atoms with E-state index in [0.717, 1.165) is 19.5 Å². The second kappa shape index (κ2) is 7.17. The van der Waals surface area contributed by atoms with Gasteiger partial charge in [-0.1, -0.05) is 6.42 Å². The molecule has 6 nitrogen and oxygen atoms in total. The van der Waals surface area contributed by atoms with E-state index >= 15 is 0 Å². The first-order chi connectivity index (χ1) is 9.55. The van der Waals surface area contributed by atoms with Gasteiger partial charge in [-0.2, -0.15) is 17.0 Å². The Labute approximate surface area is 123 Å². The van der Waals surface area contributed by atoms with Crippen LogP contribution in [0.1, 0.15) is 32.1 Å². The van der Waals surface area contributed by atoms with Crippen molar-refractivity contribution in [2.24, 2.45) is 5.73 Å². The number of hydrogen-bond acceptors (Lipinski definition) is 4. The molecule has 1 atom stereocenters. The Morgan fingerprint density at radius 2 is 1.90 bits per heavy atom. The summed E-state index contributed by atoms with van der Waals surface area (Å²) < 4.78 is 28.0. The van der Waals surface area contributed by atoms with Crippen LogP contribution in [0.4, 0.5) is 0 Å². The Hall–Kier alpha value is -0.210. The summed E-state index contributed by atoms with van der Waals surface area (Å²) in [6.07, 6.45) is 5.48. The van der Waals surface area contributed by atoms with Crippen LogP contribution in [-0.2, 0) is 10.2 Å². The van der Waals surface area contributed by atoms with Gasteiger partial charge < -0.3 is 5.73 Å². The highest BCUT2D eigenvalue weighted by Gasteiger charge is 2.36. The lowest BCUT2D eigenvalue weighted by Crippen LogP contribution is -2.45. The molecule has 2 aliphatic heterocycles. The van der Waals surface area contributed by atoms with E-state index in [1.807, 2.05) is 0 Å². The summed E-state index contributed by atoms with van der Waals surface area (Å²) in [5, 5.41) is 0. The predicted molar refractivity (Wildman–Crippen MR) is 80.6 cm³/mol. The Morgan fingerprint density at radius 1 is 1.20 bits per heavy atom.